The molecule has 0 aliphatic heterocycles. The fourth-order valence-corrected chi connectivity index (χ4v) is 3.54. The number of pyridine rings is 1. The van der Waals surface area contributed by atoms with Gasteiger partial charge in [-0.15, -0.1) is 0 Å². The van der Waals surface area contributed by atoms with E-state index in [2.05, 4.69) is 9.97 Å². The normalized spacial score (nSPS) is 11.3. The molecule has 30 heavy (non-hydrogen) atoms. The van der Waals surface area contributed by atoms with Gasteiger partial charge in [0, 0.05) is 22.7 Å². The van der Waals surface area contributed by atoms with Crippen LogP contribution in [0.15, 0.2) is 84.0 Å². The molecule has 5 rings (SSSR count). The second-order valence-corrected chi connectivity index (χ2v) is 7.03. The molecular formula is C24H15F2N3O. The topological polar surface area (TPSA) is 47.8 Å². The Kier molecular flexibility index (Phi) is 4.32. The molecule has 0 unspecified atom stereocenters. The lowest BCUT2D eigenvalue weighted by atomic mass is 10.0. The largest absolute Gasteiger partial charge is 0.294 e. The van der Waals surface area contributed by atoms with Crippen molar-refractivity contribution in [3.05, 3.63) is 107 Å². The zero-order chi connectivity index (χ0) is 20.7. The third kappa shape index (κ3) is 3.12. The van der Waals surface area contributed by atoms with Crippen LogP contribution in [0.2, 0.25) is 0 Å². The van der Waals surface area contributed by atoms with Crippen molar-refractivity contribution < 1.29 is 8.78 Å². The fraction of sp³-hybridized carbons (Fsp3) is 0.0417. The smallest absolute Gasteiger partial charge is 0.261 e. The Morgan fingerprint density at radius 1 is 0.800 bits per heavy atom. The van der Waals surface area contributed by atoms with E-state index in [0.717, 1.165) is 10.9 Å². The second kappa shape index (κ2) is 7.15. The first-order chi connectivity index (χ1) is 14.6. The van der Waals surface area contributed by atoms with Gasteiger partial charge in [-0.1, -0.05) is 30.3 Å². The van der Waals surface area contributed by atoms with Crippen molar-refractivity contribution in [3.63, 3.8) is 0 Å². The third-order valence-electron chi connectivity index (χ3n) is 5.12. The number of hydrogen-bond acceptors (Lipinski definition) is 3. The molecule has 0 saturated carbocycles. The van der Waals surface area contributed by atoms with E-state index < -0.39 is 11.6 Å². The summed E-state index contributed by atoms with van der Waals surface area (Å²) in [5.74, 6) is -1.45. The minimum absolute atomic E-state index is 0.188. The van der Waals surface area contributed by atoms with Crippen molar-refractivity contribution in [1.29, 1.82) is 0 Å². The van der Waals surface area contributed by atoms with Crippen molar-refractivity contribution in [3.8, 4) is 11.1 Å². The molecule has 2 heterocycles. The first-order valence-corrected chi connectivity index (χ1v) is 9.37. The summed E-state index contributed by atoms with van der Waals surface area (Å²) < 4.78 is 30.9. The van der Waals surface area contributed by atoms with Crippen molar-refractivity contribution in [1.82, 2.24) is 14.5 Å². The lowest BCUT2D eigenvalue weighted by Crippen LogP contribution is -2.22. The number of halogens is 2. The van der Waals surface area contributed by atoms with E-state index >= 15 is 0 Å². The van der Waals surface area contributed by atoms with Crippen LogP contribution in [0.3, 0.4) is 0 Å². The summed E-state index contributed by atoms with van der Waals surface area (Å²) in [7, 11) is 0. The molecule has 146 valence electrons. The minimum atomic E-state index is -0.724. The molecule has 0 spiro atoms. The number of nitrogens with zero attached hydrogens (tertiary/aromatic N) is 3. The monoisotopic (exact) mass is 399 g/mol. The highest BCUT2D eigenvalue weighted by Crippen LogP contribution is 2.26. The number of benzene rings is 3. The zero-order valence-electron chi connectivity index (χ0n) is 15.7. The lowest BCUT2D eigenvalue weighted by molar-refractivity contribution is 0.541. The van der Waals surface area contributed by atoms with Crippen LogP contribution in [-0.2, 0) is 6.54 Å². The first-order valence-electron chi connectivity index (χ1n) is 9.37. The van der Waals surface area contributed by atoms with E-state index in [0.29, 0.717) is 22.0 Å². The molecule has 0 radical (unpaired) electrons. The van der Waals surface area contributed by atoms with Gasteiger partial charge in [0.05, 0.1) is 29.3 Å². The van der Waals surface area contributed by atoms with Crippen molar-refractivity contribution in [2.75, 3.05) is 0 Å². The van der Waals surface area contributed by atoms with Crippen molar-refractivity contribution in [2.45, 2.75) is 6.54 Å². The van der Waals surface area contributed by atoms with E-state index in [1.165, 1.54) is 23.0 Å². The van der Waals surface area contributed by atoms with Crippen LogP contribution < -0.4 is 5.56 Å². The SMILES string of the molecule is O=c1c2ccccc2ncn1Cc1c(F)cc(-c2cnc3ccccc3c2)cc1F. The van der Waals surface area contributed by atoms with Crippen LogP contribution in [0.25, 0.3) is 32.9 Å². The van der Waals surface area contributed by atoms with E-state index in [-0.39, 0.29) is 17.7 Å². The Labute approximate surface area is 170 Å². The van der Waals surface area contributed by atoms with Crippen LogP contribution in [0.4, 0.5) is 8.78 Å². The average molecular weight is 399 g/mol. The van der Waals surface area contributed by atoms with Gasteiger partial charge in [-0.05, 0) is 42.0 Å². The summed E-state index contributed by atoms with van der Waals surface area (Å²) in [6, 6.07) is 18.8. The standard InChI is InChI=1S/C24H15F2N3O/c25-20-10-16(17-9-15-5-1-3-7-22(15)27-12-17)11-21(26)19(20)13-29-14-28-23-8-4-2-6-18(23)24(29)30/h1-12,14H,13H2. The zero-order valence-corrected chi connectivity index (χ0v) is 15.7. The Morgan fingerprint density at radius 2 is 1.50 bits per heavy atom. The Balaban J connectivity index is 1.54. The molecule has 4 nitrogen and oxygen atoms in total. The van der Waals surface area contributed by atoms with Gasteiger partial charge < -0.3 is 0 Å². The van der Waals surface area contributed by atoms with Gasteiger partial charge in [-0.2, -0.15) is 0 Å². The highest BCUT2D eigenvalue weighted by Gasteiger charge is 2.15. The van der Waals surface area contributed by atoms with Crippen LogP contribution in [0.5, 0.6) is 0 Å². The molecule has 0 bridgehead atoms. The maximum atomic E-state index is 14.8. The maximum absolute atomic E-state index is 14.8. The summed E-state index contributed by atoms with van der Waals surface area (Å²) in [6.45, 7) is -0.245. The fourth-order valence-electron chi connectivity index (χ4n) is 3.54. The second-order valence-electron chi connectivity index (χ2n) is 7.03. The maximum Gasteiger partial charge on any atom is 0.261 e. The van der Waals surface area contributed by atoms with Gasteiger partial charge in [0.15, 0.2) is 0 Å². The Bertz CT molecular complexity index is 1450. The molecule has 5 aromatic rings. The first kappa shape index (κ1) is 18.1. The van der Waals surface area contributed by atoms with Gasteiger partial charge in [-0.3, -0.25) is 14.3 Å². The van der Waals surface area contributed by atoms with E-state index in [9.17, 15) is 13.6 Å². The molecule has 0 amide bonds. The molecular weight excluding hydrogens is 384 g/mol. The molecule has 2 aromatic heterocycles. The predicted octanol–water partition coefficient (Wildman–Crippen LogP) is 4.94. The van der Waals surface area contributed by atoms with E-state index in [1.54, 1.807) is 30.5 Å². The van der Waals surface area contributed by atoms with Gasteiger partial charge in [0.1, 0.15) is 11.6 Å². The van der Waals surface area contributed by atoms with Crippen LogP contribution in [0, 0.1) is 11.6 Å². The summed E-state index contributed by atoms with van der Waals surface area (Å²) >= 11 is 0. The van der Waals surface area contributed by atoms with Crippen LogP contribution >= 0.6 is 0 Å². The van der Waals surface area contributed by atoms with Gasteiger partial charge in [0.25, 0.3) is 5.56 Å². The Hall–Kier alpha value is -3.93. The quantitative estimate of drug-likeness (QED) is 0.432. The van der Waals surface area contributed by atoms with Gasteiger partial charge in [-0.25, -0.2) is 13.8 Å². The molecule has 6 heteroatoms. The molecule has 0 N–H and O–H groups in total. The number of para-hydroxylation sites is 2. The van der Waals surface area contributed by atoms with Gasteiger partial charge in [0.2, 0.25) is 0 Å². The highest BCUT2D eigenvalue weighted by molar-refractivity contribution is 5.83. The number of rotatable bonds is 3. The summed E-state index contributed by atoms with van der Waals surface area (Å²) in [4.78, 5) is 21.2. The molecule has 0 aliphatic carbocycles. The van der Waals surface area contributed by atoms with Crippen molar-refractivity contribution >= 4 is 21.8 Å². The molecule has 0 atom stereocenters. The number of fused-ring (bicyclic) bond motifs is 2. The minimum Gasteiger partial charge on any atom is -0.294 e. The molecule has 3 aromatic carbocycles. The molecule has 0 aliphatic rings. The molecule has 0 fully saturated rings. The number of aromatic nitrogens is 3. The average Bonchev–Trinajstić information content (AvgIpc) is 2.77. The van der Waals surface area contributed by atoms with E-state index in [1.807, 2.05) is 30.3 Å². The van der Waals surface area contributed by atoms with Gasteiger partial charge >= 0.3 is 0 Å². The summed E-state index contributed by atoms with van der Waals surface area (Å²) in [5, 5.41) is 1.29. The lowest BCUT2D eigenvalue weighted by Gasteiger charge is -2.11. The van der Waals surface area contributed by atoms with E-state index in [4.69, 9.17) is 0 Å². The highest BCUT2D eigenvalue weighted by atomic mass is 19.1. The third-order valence-corrected chi connectivity index (χ3v) is 5.12. The summed E-state index contributed by atoms with van der Waals surface area (Å²) in [5.41, 5.74) is 1.81. The predicted molar refractivity (Wildman–Crippen MR) is 112 cm³/mol. The van der Waals surface area contributed by atoms with Crippen LogP contribution in [-0.4, -0.2) is 14.5 Å². The Morgan fingerprint density at radius 3 is 2.30 bits per heavy atom. The van der Waals surface area contributed by atoms with Crippen molar-refractivity contribution in [2.24, 2.45) is 0 Å². The number of hydrogen-bond donors (Lipinski definition) is 0. The van der Waals surface area contributed by atoms with Crippen LogP contribution in [0.1, 0.15) is 5.56 Å². The summed E-state index contributed by atoms with van der Waals surface area (Å²) in [6.07, 6.45) is 2.90. The molecule has 0 saturated heterocycles.